The number of pyridine rings is 1. The fourth-order valence-corrected chi connectivity index (χ4v) is 1.94. The van der Waals surface area contributed by atoms with Crippen molar-refractivity contribution in [3.8, 4) is 0 Å². The molecule has 70 valence electrons. The van der Waals surface area contributed by atoms with Gasteiger partial charge in [-0.3, -0.25) is 4.98 Å². The molecule has 1 aromatic heterocycles. The quantitative estimate of drug-likeness (QED) is 0.696. The van der Waals surface area contributed by atoms with E-state index in [-0.39, 0.29) is 0 Å². The van der Waals surface area contributed by atoms with E-state index in [1.54, 1.807) is 0 Å². The largest absolute Gasteiger partial charge is 0.261 e. The van der Waals surface area contributed by atoms with E-state index in [1.807, 2.05) is 6.20 Å². The second-order valence-corrected chi connectivity index (χ2v) is 4.13. The molecule has 1 fully saturated rings. The molecule has 2 aromatic rings. The van der Waals surface area contributed by atoms with Crippen molar-refractivity contribution in [3.63, 3.8) is 0 Å². The normalized spacial score (nSPS) is 16.0. The number of benzene rings is 1. The molecular weight excluding hydrogens is 170 g/mol. The van der Waals surface area contributed by atoms with Crippen molar-refractivity contribution in [2.24, 2.45) is 5.92 Å². The monoisotopic (exact) mass is 183 g/mol. The van der Waals surface area contributed by atoms with Gasteiger partial charge in [0, 0.05) is 17.3 Å². The molecule has 1 nitrogen and oxygen atoms in total. The van der Waals surface area contributed by atoms with E-state index in [9.17, 15) is 0 Å². The van der Waals surface area contributed by atoms with Gasteiger partial charge in [0.1, 0.15) is 0 Å². The number of hydrogen-bond acceptors (Lipinski definition) is 1. The van der Waals surface area contributed by atoms with Crippen LogP contribution in [0.3, 0.4) is 0 Å². The number of rotatable bonds is 2. The molecule has 0 amide bonds. The van der Waals surface area contributed by atoms with Gasteiger partial charge in [-0.1, -0.05) is 24.3 Å². The van der Waals surface area contributed by atoms with Crippen LogP contribution in [0.25, 0.3) is 10.8 Å². The smallest absolute Gasteiger partial charge is 0.0484 e. The van der Waals surface area contributed by atoms with Gasteiger partial charge in [-0.05, 0) is 36.6 Å². The highest BCUT2D eigenvalue weighted by Crippen LogP contribution is 2.33. The predicted molar refractivity (Wildman–Crippen MR) is 58.2 cm³/mol. The summed E-state index contributed by atoms with van der Waals surface area (Å²) >= 11 is 0. The fourth-order valence-electron chi connectivity index (χ4n) is 1.94. The Morgan fingerprint density at radius 1 is 1.14 bits per heavy atom. The molecule has 0 N–H and O–H groups in total. The van der Waals surface area contributed by atoms with E-state index in [4.69, 9.17) is 0 Å². The molecule has 0 unspecified atom stereocenters. The summed E-state index contributed by atoms with van der Waals surface area (Å²) in [6.07, 6.45) is 5.89. The first-order valence-electron chi connectivity index (χ1n) is 5.26. The lowest BCUT2D eigenvalue weighted by molar-refractivity contribution is 0.812. The summed E-state index contributed by atoms with van der Waals surface area (Å²) in [7, 11) is 0. The summed E-state index contributed by atoms with van der Waals surface area (Å²) < 4.78 is 0. The molecule has 0 atom stereocenters. The molecule has 1 saturated carbocycles. The van der Waals surface area contributed by atoms with Gasteiger partial charge in [-0.15, -0.1) is 0 Å². The predicted octanol–water partition coefficient (Wildman–Crippen LogP) is 3.19. The zero-order valence-electron chi connectivity index (χ0n) is 8.11. The number of fused-ring (bicyclic) bond motifs is 1. The van der Waals surface area contributed by atoms with Crippen LogP contribution in [-0.4, -0.2) is 4.98 Å². The minimum Gasteiger partial charge on any atom is -0.261 e. The molecule has 14 heavy (non-hydrogen) atoms. The molecule has 1 heterocycles. The Kier molecular flexibility index (Phi) is 1.76. The SMILES string of the molecule is c1ccc2c(CC3CC3)nccc2c1. The van der Waals surface area contributed by atoms with Gasteiger partial charge < -0.3 is 0 Å². The molecule has 0 bridgehead atoms. The third-order valence-corrected chi connectivity index (χ3v) is 2.94. The highest BCUT2D eigenvalue weighted by molar-refractivity contribution is 5.84. The first-order valence-corrected chi connectivity index (χ1v) is 5.26. The maximum atomic E-state index is 4.49. The van der Waals surface area contributed by atoms with Gasteiger partial charge in [0.15, 0.2) is 0 Å². The second kappa shape index (κ2) is 3.09. The maximum absolute atomic E-state index is 4.49. The molecule has 1 aliphatic rings. The highest BCUT2D eigenvalue weighted by Gasteiger charge is 2.22. The minimum atomic E-state index is 0.910. The van der Waals surface area contributed by atoms with Crippen molar-refractivity contribution < 1.29 is 0 Å². The summed E-state index contributed by atoms with van der Waals surface area (Å²) in [5.74, 6) is 0.910. The lowest BCUT2D eigenvalue weighted by Gasteiger charge is -2.03. The molecule has 1 aromatic carbocycles. The third kappa shape index (κ3) is 1.39. The topological polar surface area (TPSA) is 12.9 Å². The summed E-state index contributed by atoms with van der Waals surface area (Å²) in [4.78, 5) is 4.49. The Bertz CT molecular complexity index is 452. The Morgan fingerprint density at radius 2 is 2.00 bits per heavy atom. The van der Waals surface area contributed by atoms with Crippen LogP contribution < -0.4 is 0 Å². The third-order valence-electron chi connectivity index (χ3n) is 2.94. The van der Waals surface area contributed by atoms with Crippen molar-refractivity contribution in [2.45, 2.75) is 19.3 Å². The van der Waals surface area contributed by atoms with Crippen LogP contribution in [0.1, 0.15) is 18.5 Å². The summed E-state index contributed by atoms with van der Waals surface area (Å²) in [6, 6.07) is 10.6. The highest BCUT2D eigenvalue weighted by atomic mass is 14.7. The Hall–Kier alpha value is -1.37. The van der Waals surface area contributed by atoms with Gasteiger partial charge in [0.05, 0.1) is 0 Å². The van der Waals surface area contributed by atoms with Crippen LogP contribution >= 0.6 is 0 Å². The van der Waals surface area contributed by atoms with Crippen LogP contribution in [0.4, 0.5) is 0 Å². The zero-order valence-corrected chi connectivity index (χ0v) is 8.11. The van der Waals surface area contributed by atoms with Crippen molar-refractivity contribution in [1.82, 2.24) is 4.98 Å². The van der Waals surface area contributed by atoms with Crippen LogP contribution in [0.5, 0.6) is 0 Å². The molecule has 0 saturated heterocycles. The number of aromatic nitrogens is 1. The number of nitrogens with zero attached hydrogens (tertiary/aromatic N) is 1. The van der Waals surface area contributed by atoms with Gasteiger partial charge in [0.2, 0.25) is 0 Å². The standard InChI is InChI=1S/C13H13N/c1-2-4-12-11(3-1)7-8-14-13(12)9-10-5-6-10/h1-4,7-8,10H,5-6,9H2. The fraction of sp³-hybridized carbons (Fsp3) is 0.308. The van der Waals surface area contributed by atoms with Crippen molar-refractivity contribution >= 4 is 10.8 Å². The first-order chi connectivity index (χ1) is 6.93. The maximum Gasteiger partial charge on any atom is 0.0484 e. The summed E-state index contributed by atoms with van der Waals surface area (Å²) in [5.41, 5.74) is 1.28. The van der Waals surface area contributed by atoms with Crippen LogP contribution in [-0.2, 0) is 6.42 Å². The van der Waals surface area contributed by atoms with Crippen LogP contribution in [0, 0.1) is 5.92 Å². The second-order valence-electron chi connectivity index (χ2n) is 4.13. The van der Waals surface area contributed by atoms with E-state index < -0.39 is 0 Å². The van der Waals surface area contributed by atoms with Gasteiger partial charge in [0.25, 0.3) is 0 Å². The van der Waals surface area contributed by atoms with Gasteiger partial charge in [-0.25, -0.2) is 0 Å². The average molecular weight is 183 g/mol. The lowest BCUT2D eigenvalue weighted by Crippen LogP contribution is -1.92. The molecule has 0 radical (unpaired) electrons. The molecule has 0 spiro atoms. The lowest BCUT2D eigenvalue weighted by atomic mass is 10.1. The summed E-state index contributed by atoms with van der Waals surface area (Å²) in [6.45, 7) is 0. The summed E-state index contributed by atoms with van der Waals surface area (Å²) in [5, 5.41) is 2.65. The molecular formula is C13H13N. The van der Waals surface area contributed by atoms with Crippen LogP contribution in [0.2, 0.25) is 0 Å². The van der Waals surface area contributed by atoms with E-state index >= 15 is 0 Å². The van der Waals surface area contributed by atoms with E-state index in [1.165, 1.54) is 35.7 Å². The van der Waals surface area contributed by atoms with Crippen LogP contribution in [0.15, 0.2) is 36.5 Å². The van der Waals surface area contributed by atoms with E-state index in [2.05, 4.69) is 35.3 Å². The van der Waals surface area contributed by atoms with Crippen molar-refractivity contribution in [2.75, 3.05) is 0 Å². The van der Waals surface area contributed by atoms with Gasteiger partial charge >= 0.3 is 0 Å². The molecule has 1 aliphatic carbocycles. The molecule has 1 heteroatoms. The number of hydrogen-bond donors (Lipinski definition) is 0. The molecule has 3 rings (SSSR count). The Balaban J connectivity index is 2.11. The van der Waals surface area contributed by atoms with E-state index in [0.717, 1.165) is 5.92 Å². The Labute approximate surface area is 83.8 Å². The van der Waals surface area contributed by atoms with E-state index in [0.29, 0.717) is 0 Å². The van der Waals surface area contributed by atoms with Crippen molar-refractivity contribution in [1.29, 1.82) is 0 Å². The average Bonchev–Trinajstić information content (AvgIpc) is 3.03. The van der Waals surface area contributed by atoms with Crippen molar-refractivity contribution in [3.05, 3.63) is 42.2 Å². The molecule has 0 aliphatic heterocycles. The minimum absolute atomic E-state index is 0.910. The van der Waals surface area contributed by atoms with Gasteiger partial charge in [-0.2, -0.15) is 0 Å². The zero-order chi connectivity index (χ0) is 9.38. The first kappa shape index (κ1) is 7.98. The Morgan fingerprint density at radius 3 is 2.86 bits per heavy atom.